The van der Waals surface area contributed by atoms with Crippen LogP contribution in [0.25, 0.3) is 0 Å². The minimum absolute atomic E-state index is 0.0319. The van der Waals surface area contributed by atoms with E-state index in [1.54, 1.807) is 0 Å². The molecule has 1 N–H and O–H groups in total. The minimum Gasteiger partial charge on any atom is -0.372 e. The van der Waals surface area contributed by atoms with E-state index in [1.165, 1.54) is 11.3 Å². The molecular weight excluding hydrogens is 201 g/mol. The molecule has 0 bridgehead atoms. The SMILES string of the molecule is CNC[C@H]1OCCc2sc(F)c(C)c21. The molecule has 14 heavy (non-hydrogen) atoms. The van der Waals surface area contributed by atoms with Crippen LogP contribution in [0, 0.1) is 12.1 Å². The van der Waals surface area contributed by atoms with Crippen LogP contribution < -0.4 is 5.32 Å². The van der Waals surface area contributed by atoms with Gasteiger partial charge >= 0.3 is 0 Å². The number of ether oxygens (including phenoxy) is 1. The average Bonchev–Trinajstić information content (AvgIpc) is 2.45. The molecule has 2 rings (SSSR count). The lowest BCUT2D eigenvalue weighted by atomic mass is 10.0. The van der Waals surface area contributed by atoms with Gasteiger partial charge in [-0.15, -0.1) is 11.3 Å². The fourth-order valence-corrected chi connectivity index (χ4v) is 2.94. The molecule has 0 aliphatic carbocycles. The molecule has 0 fully saturated rings. The van der Waals surface area contributed by atoms with Crippen LogP contribution in [-0.4, -0.2) is 20.2 Å². The quantitative estimate of drug-likeness (QED) is 0.815. The van der Waals surface area contributed by atoms with Crippen molar-refractivity contribution in [3.05, 3.63) is 21.1 Å². The second kappa shape index (κ2) is 3.96. The summed E-state index contributed by atoms with van der Waals surface area (Å²) in [5.41, 5.74) is 1.85. The predicted octanol–water partition coefficient (Wildman–Crippen LogP) is 2.03. The predicted molar refractivity (Wildman–Crippen MR) is 55.3 cm³/mol. The van der Waals surface area contributed by atoms with Crippen molar-refractivity contribution in [2.24, 2.45) is 0 Å². The third-order valence-corrected chi connectivity index (χ3v) is 3.73. The topological polar surface area (TPSA) is 21.3 Å². The van der Waals surface area contributed by atoms with E-state index in [4.69, 9.17) is 4.74 Å². The van der Waals surface area contributed by atoms with E-state index in [2.05, 4.69) is 5.32 Å². The summed E-state index contributed by atoms with van der Waals surface area (Å²) in [6.07, 6.45) is 0.884. The van der Waals surface area contributed by atoms with Crippen molar-refractivity contribution in [2.45, 2.75) is 19.4 Å². The highest BCUT2D eigenvalue weighted by molar-refractivity contribution is 7.10. The fourth-order valence-electron chi connectivity index (χ4n) is 1.89. The van der Waals surface area contributed by atoms with Gasteiger partial charge in [-0.1, -0.05) is 0 Å². The highest BCUT2D eigenvalue weighted by atomic mass is 32.1. The Morgan fingerprint density at radius 1 is 1.64 bits per heavy atom. The zero-order valence-corrected chi connectivity index (χ0v) is 9.21. The summed E-state index contributed by atoms with van der Waals surface area (Å²) in [6, 6.07) is 0. The van der Waals surface area contributed by atoms with Crippen molar-refractivity contribution in [2.75, 3.05) is 20.2 Å². The van der Waals surface area contributed by atoms with Gasteiger partial charge in [-0.3, -0.25) is 0 Å². The molecule has 1 aromatic heterocycles. The van der Waals surface area contributed by atoms with Crippen molar-refractivity contribution >= 4 is 11.3 Å². The Morgan fingerprint density at radius 3 is 3.14 bits per heavy atom. The first-order chi connectivity index (χ1) is 6.74. The summed E-state index contributed by atoms with van der Waals surface area (Å²) in [5, 5.41) is 3.02. The van der Waals surface area contributed by atoms with Gasteiger partial charge in [0.25, 0.3) is 0 Å². The zero-order chi connectivity index (χ0) is 10.1. The van der Waals surface area contributed by atoms with Crippen LogP contribution in [0.15, 0.2) is 0 Å². The highest BCUT2D eigenvalue weighted by Crippen LogP contribution is 2.36. The van der Waals surface area contributed by atoms with Gasteiger partial charge in [-0.2, -0.15) is 4.39 Å². The van der Waals surface area contributed by atoms with Crippen molar-refractivity contribution in [1.29, 1.82) is 0 Å². The van der Waals surface area contributed by atoms with Crippen molar-refractivity contribution in [1.82, 2.24) is 5.32 Å². The van der Waals surface area contributed by atoms with Crippen LogP contribution in [0.3, 0.4) is 0 Å². The van der Waals surface area contributed by atoms with Gasteiger partial charge in [0.2, 0.25) is 0 Å². The molecule has 1 aliphatic heterocycles. The Balaban J connectivity index is 2.36. The monoisotopic (exact) mass is 215 g/mol. The molecule has 1 atom stereocenters. The minimum atomic E-state index is -0.0541. The molecular formula is C10H14FNOS. The molecule has 0 saturated heterocycles. The third-order valence-electron chi connectivity index (χ3n) is 2.57. The first-order valence-corrected chi connectivity index (χ1v) is 5.59. The molecule has 0 amide bonds. The van der Waals surface area contributed by atoms with Crippen LogP contribution in [0.1, 0.15) is 22.1 Å². The maximum absolute atomic E-state index is 13.4. The lowest BCUT2D eigenvalue weighted by Crippen LogP contribution is -2.24. The van der Waals surface area contributed by atoms with Crippen LogP contribution in [-0.2, 0) is 11.2 Å². The lowest BCUT2D eigenvalue weighted by Gasteiger charge is -2.23. The molecule has 4 heteroatoms. The van der Waals surface area contributed by atoms with Crippen molar-refractivity contribution in [3.63, 3.8) is 0 Å². The van der Waals surface area contributed by atoms with E-state index in [1.807, 2.05) is 14.0 Å². The molecule has 1 aliphatic rings. The van der Waals surface area contributed by atoms with E-state index in [-0.39, 0.29) is 11.2 Å². The second-order valence-corrected chi connectivity index (χ2v) is 4.56. The first kappa shape index (κ1) is 10.1. The largest absolute Gasteiger partial charge is 0.372 e. The fraction of sp³-hybridized carbons (Fsp3) is 0.600. The van der Waals surface area contributed by atoms with E-state index >= 15 is 0 Å². The second-order valence-electron chi connectivity index (χ2n) is 3.50. The van der Waals surface area contributed by atoms with E-state index in [9.17, 15) is 4.39 Å². The van der Waals surface area contributed by atoms with Crippen LogP contribution in [0.4, 0.5) is 4.39 Å². The van der Waals surface area contributed by atoms with Crippen LogP contribution >= 0.6 is 11.3 Å². The maximum atomic E-state index is 13.4. The molecule has 1 aromatic rings. The lowest BCUT2D eigenvalue weighted by molar-refractivity contribution is 0.0445. The van der Waals surface area contributed by atoms with Crippen molar-refractivity contribution in [3.8, 4) is 0 Å². The molecule has 0 saturated carbocycles. The number of fused-ring (bicyclic) bond motifs is 1. The molecule has 78 valence electrons. The third kappa shape index (κ3) is 1.58. The standard InChI is InChI=1S/C10H14FNOS/c1-6-9-7(5-12-2)13-4-3-8(9)14-10(6)11/h7,12H,3-5H2,1-2H3/t7-/m1/s1. The number of nitrogens with one attached hydrogen (secondary N) is 1. The van der Waals surface area contributed by atoms with Gasteiger partial charge in [0.05, 0.1) is 12.7 Å². The normalized spacial score (nSPS) is 20.9. The van der Waals surface area contributed by atoms with Crippen molar-refractivity contribution < 1.29 is 9.13 Å². The van der Waals surface area contributed by atoms with Gasteiger partial charge in [0, 0.05) is 29.0 Å². The molecule has 0 unspecified atom stereocenters. The molecule has 2 heterocycles. The molecule has 0 radical (unpaired) electrons. The van der Waals surface area contributed by atoms with Gasteiger partial charge in [0.15, 0.2) is 5.13 Å². The van der Waals surface area contributed by atoms with Gasteiger partial charge in [0.1, 0.15) is 0 Å². The number of hydrogen-bond acceptors (Lipinski definition) is 3. The van der Waals surface area contributed by atoms with E-state index in [0.29, 0.717) is 6.61 Å². The number of hydrogen-bond donors (Lipinski definition) is 1. The number of halogens is 1. The Morgan fingerprint density at radius 2 is 2.43 bits per heavy atom. The first-order valence-electron chi connectivity index (χ1n) is 4.78. The highest BCUT2D eigenvalue weighted by Gasteiger charge is 2.26. The summed E-state index contributed by atoms with van der Waals surface area (Å²) in [6.45, 7) is 3.30. The maximum Gasteiger partial charge on any atom is 0.179 e. The summed E-state index contributed by atoms with van der Waals surface area (Å²) in [4.78, 5) is 1.16. The average molecular weight is 215 g/mol. The van der Waals surface area contributed by atoms with Gasteiger partial charge < -0.3 is 10.1 Å². The van der Waals surface area contributed by atoms with E-state index < -0.39 is 0 Å². The zero-order valence-electron chi connectivity index (χ0n) is 8.39. The summed E-state index contributed by atoms with van der Waals surface area (Å²) in [5.74, 6) is 0. The number of rotatable bonds is 2. The van der Waals surface area contributed by atoms with Crippen LogP contribution in [0.5, 0.6) is 0 Å². The van der Waals surface area contributed by atoms with Gasteiger partial charge in [-0.05, 0) is 14.0 Å². The van der Waals surface area contributed by atoms with E-state index in [0.717, 1.165) is 29.0 Å². The Labute approximate surface area is 87.1 Å². The molecule has 2 nitrogen and oxygen atoms in total. The van der Waals surface area contributed by atoms with Gasteiger partial charge in [-0.25, -0.2) is 0 Å². The number of thiophene rings is 1. The Bertz CT molecular complexity index is 337. The molecule has 0 spiro atoms. The summed E-state index contributed by atoms with van der Waals surface area (Å²) >= 11 is 1.27. The smallest absolute Gasteiger partial charge is 0.179 e. The Hall–Kier alpha value is -0.450. The molecule has 0 aromatic carbocycles. The Kier molecular flexibility index (Phi) is 2.85. The summed E-state index contributed by atoms with van der Waals surface area (Å²) in [7, 11) is 1.88. The summed E-state index contributed by atoms with van der Waals surface area (Å²) < 4.78 is 19.0. The number of likely N-dealkylation sites (N-methyl/N-ethyl adjacent to an activating group) is 1. The van der Waals surface area contributed by atoms with Crippen LogP contribution in [0.2, 0.25) is 0 Å².